The van der Waals surface area contributed by atoms with Crippen molar-refractivity contribution in [1.29, 1.82) is 0 Å². The minimum atomic E-state index is -7.46. The monoisotopic (exact) mass is 760 g/mol. The van der Waals surface area contributed by atoms with Gasteiger partial charge in [0.25, 0.3) is 0 Å². The van der Waals surface area contributed by atoms with Gasteiger partial charge in [-0.3, -0.25) is 0 Å². The summed E-state index contributed by atoms with van der Waals surface area (Å²) in [5, 5.41) is 0. The zero-order chi connectivity index (χ0) is 37.2. The molecule has 0 spiro atoms. The van der Waals surface area contributed by atoms with Crippen molar-refractivity contribution in [2.45, 2.75) is 113 Å². The van der Waals surface area contributed by atoms with Crippen LogP contribution in [-0.2, 0) is 18.6 Å². The highest BCUT2D eigenvalue weighted by Gasteiger charge is 2.73. The summed E-state index contributed by atoms with van der Waals surface area (Å²) in [5.74, 6) is -13.6. The normalized spacial score (nSPS) is 19.0. The first-order valence-corrected chi connectivity index (χ1v) is 15.6. The van der Waals surface area contributed by atoms with E-state index in [0.717, 1.165) is 0 Å². The lowest BCUT2D eigenvalue weighted by atomic mass is 9.86. The van der Waals surface area contributed by atoms with Gasteiger partial charge in [-0.25, -0.2) is 9.47 Å². The molecule has 2 N–H and O–H groups in total. The van der Waals surface area contributed by atoms with Crippen LogP contribution in [0.2, 0.25) is 0 Å². The summed E-state index contributed by atoms with van der Waals surface area (Å²) in [6.45, 7) is 2.49. The van der Waals surface area contributed by atoms with Crippen molar-refractivity contribution in [3.05, 3.63) is 0 Å². The van der Waals surface area contributed by atoms with Crippen LogP contribution in [0.15, 0.2) is 0 Å². The molecule has 0 heterocycles. The molecule has 0 aliphatic carbocycles. The Morgan fingerprint density at radius 2 is 0.761 bits per heavy atom. The summed E-state index contributed by atoms with van der Waals surface area (Å²) in [5.41, 5.74) is -13.5. The minimum absolute atomic E-state index is 0.184. The van der Waals surface area contributed by atoms with Crippen LogP contribution in [0.3, 0.4) is 0 Å². The topological polar surface area (TPSA) is 139 Å². The van der Waals surface area contributed by atoms with Crippen LogP contribution in [0, 0.1) is 11.8 Å². The van der Waals surface area contributed by atoms with Crippen molar-refractivity contribution in [3.63, 3.8) is 0 Å². The van der Waals surface area contributed by atoms with Crippen molar-refractivity contribution < 1.29 is 108 Å². The zero-order valence-corrected chi connectivity index (χ0v) is 24.9. The molecule has 4 unspecified atom stereocenters. The van der Waals surface area contributed by atoms with Gasteiger partial charge in [-0.15, -0.1) is 0 Å². The molecule has 0 bridgehead atoms. The largest absolute Gasteiger partial charge is 0.774 e. The van der Waals surface area contributed by atoms with Gasteiger partial charge >= 0.3 is 47.6 Å². The number of hydrogen-bond donors (Lipinski definition) is 2. The van der Waals surface area contributed by atoms with E-state index in [9.17, 15) is 89.2 Å². The highest BCUT2D eigenvalue weighted by atomic mass is 31.2. The van der Waals surface area contributed by atoms with E-state index in [-0.39, 0.29) is 25.7 Å². The lowest BCUT2D eigenvalue weighted by Crippen LogP contribution is -2.54. The van der Waals surface area contributed by atoms with Crippen LogP contribution in [0.1, 0.15) is 65.2 Å². The second-order valence-corrected chi connectivity index (χ2v) is 13.2. The van der Waals surface area contributed by atoms with Gasteiger partial charge in [-0.2, -0.15) is 70.2 Å². The van der Waals surface area contributed by atoms with E-state index >= 15 is 0 Å². The number of ether oxygens (including phenoxy) is 2. The van der Waals surface area contributed by atoms with Crippen LogP contribution in [0.25, 0.3) is 0 Å². The van der Waals surface area contributed by atoms with Crippen molar-refractivity contribution >= 4 is 15.2 Å². The predicted octanol–water partition coefficient (Wildman–Crippen LogP) is 7.33. The second kappa shape index (κ2) is 14.5. The zero-order valence-electron chi connectivity index (χ0n) is 23.1. The quantitative estimate of drug-likeness (QED) is 0.0917. The molecule has 0 aliphatic rings. The fourth-order valence-electron chi connectivity index (χ4n) is 3.56. The summed E-state index contributed by atoms with van der Waals surface area (Å²) in [4.78, 5) is 37.0. The summed E-state index contributed by atoms with van der Waals surface area (Å²) < 4.78 is 242. The number of rotatable bonds is 21. The van der Waals surface area contributed by atoms with Crippen molar-refractivity contribution in [1.82, 2.24) is 0 Å². The standard InChI is InChI=1S/C20H28F16O8P2/c1-3-11(7-9-13(21,22)15(25,26)43-17(29,30)19(33,34)45(37,38)39)5-6-12(4-2)8-10-14(23,24)16(27,28)44-18(31,32)20(35,36)46(40,41)42/h11-12H,3-10H2,1-2H3,(H2,37,38,39)(H2,40,41,42)/p-2. The second-order valence-electron chi connectivity index (χ2n) is 10.0. The maximum atomic E-state index is 14.0. The van der Waals surface area contributed by atoms with Gasteiger partial charge in [-0.1, -0.05) is 39.5 Å². The van der Waals surface area contributed by atoms with Gasteiger partial charge in [0, 0.05) is 12.8 Å². The fourth-order valence-corrected chi connectivity index (χ4v) is 4.31. The third-order valence-corrected chi connectivity index (χ3v) is 8.59. The number of alkyl halides is 16. The molecular formula is C20H26F16O8P2-2. The van der Waals surface area contributed by atoms with Gasteiger partial charge in [0.05, 0.1) is 0 Å². The van der Waals surface area contributed by atoms with E-state index in [1.807, 2.05) is 0 Å². The van der Waals surface area contributed by atoms with Gasteiger partial charge < -0.3 is 28.7 Å². The first kappa shape index (κ1) is 45.1. The van der Waals surface area contributed by atoms with Crippen molar-refractivity contribution in [2.24, 2.45) is 11.8 Å². The number of halogens is 16. The molecule has 4 atom stereocenters. The summed E-state index contributed by atoms with van der Waals surface area (Å²) in [6, 6.07) is 0. The predicted molar refractivity (Wildman–Crippen MR) is 117 cm³/mol. The first-order valence-electron chi connectivity index (χ1n) is 12.5. The lowest BCUT2D eigenvalue weighted by Gasteiger charge is -2.36. The van der Waals surface area contributed by atoms with E-state index < -0.39 is 100 Å². The smallest absolute Gasteiger partial charge is 0.432 e. The lowest BCUT2D eigenvalue weighted by molar-refractivity contribution is -0.461. The first-order chi connectivity index (χ1) is 20.0. The molecule has 0 aromatic carbocycles. The Kier molecular flexibility index (Phi) is 14.2. The highest BCUT2D eigenvalue weighted by molar-refractivity contribution is 7.52. The molecule has 0 aromatic heterocycles. The van der Waals surface area contributed by atoms with E-state index in [4.69, 9.17) is 9.79 Å². The Labute approximate surface area is 249 Å². The third-order valence-electron chi connectivity index (χ3n) is 6.65. The summed E-state index contributed by atoms with van der Waals surface area (Å²) >= 11 is 0. The Bertz CT molecular complexity index is 1010. The summed E-state index contributed by atoms with van der Waals surface area (Å²) in [6.07, 6.45) is -34.0. The third kappa shape index (κ3) is 10.3. The van der Waals surface area contributed by atoms with Crippen LogP contribution in [0.4, 0.5) is 70.2 Å². The molecule has 278 valence electrons. The van der Waals surface area contributed by atoms with E-state index in [0.29, 0.717) is 0 Å². The van der Waals surface area contributed by atoms with Gasteiger partial charge in [0.1, 0.15) is 0 Å². The van der Waals surface area contributed by atoms with Gasteiger partial charge in [-0.05, 0) is 24.7 Å². The van der Waals surface area contributed by atoms with E-state index in [1.165, 1.54) is 13.8 Å². The van der Waals surface area contributed by atoms with Crippen LogP contribution in [0.5, 0.6) is 0 Å². The Morgan fingerprint density at radius 1 is 0.522 bits per heavy atom. The van der Waals surface area contributed by atoms with E-state index in [1.54, 1.807) is 0 Å². The maximum absolute atomic E-state index is 14.0. The molecule has 8 nitrogen and oxygen atoms in total. The summed E-state index contributed by atoms with van der Waals surface area (Å²) in [7, 11) is -14.9. The minimum Gasteiger partial charge on any atom is -0.774 e. The van der Waals surface area contributed by atoms with Crippen LogP contribution in [-0.4, -0.2) is 57.4 Å². The Morgan fingerprint density at radius 3 is 0.957 bits per heavy atom. The van der Waals surface area contributed by atoms with Gasteiger partial charge in [0.2, 0.25) is 15.2 Å². The Balaban J connectivity index is 5.45. The van der Waals surface area contributed by atoms with Crippen LogP contribution >= 0.6 is 15.2 Å². The molecule has 0 saturated heterocycles. The van der Waals surface area contributed by atoms with Gasteiger partial charge in [0.15, 0.2) is 0 Å². The molecule has 26 heteroatoms. The van der Waals surface area contributed by atoms with Crippen molar-refractivity contribution in [2.75, 3.05) is 0 Å². The molecular weight excluding hydrogens is 734 g/mol. The molecule has 0 aromatic rings. The fraction of sp³-hybridized carbons (Fsp3) is 1.00. The molecule has 46 heavy (non-hydrogen) atoms. The Hall–Kier alpha value is -0.900. The van der Waals surface area contributed by atoms with Crippen molar-refractivity contribution in [3.8, 4) is 0 Å². The molecule has 0 amide bonds. The average Bonchev–Trinajstić information content (AvgIpc) is 2.82. The SMILES string of the molecule is CCC(CCC(CC)CCC(F)(F)C(F)(F)OC(F)(F)C(F)(F)P(=O)([O-])O)CCC(F)(F)C(F)(F)OC(F)(F)C(F)(F)P(=O)([O-])O. The van der Waals surface area contributed by atoms with E-state index in [2.05, 4.69) is 9.47 Å². The molecule has 0 radical (unpaired) electrons. The maximum Gasteiger partial charge on any atom is 0.432 e. The molecule has 0 saturated carbocycles. The highest BCUT2D eigenvalue weighted by Crippen LogP contribution is 2.61. The molecule has 0 aliphatic heterocycles. The number of hydrogen-bond acceptors (Lipinski definition) is 6. The molecule has 0 rings (SSSR count). The molecule has 0 fully saturated rings. The van der Waals surface area contributed by atoms with Crippen LogP contribution < -0.4 is 9.79 Å². The average molecular weight is 760 g/mol.